The quantitative estimate of drug-likeness (QED) is 0.626. The van der Waals surface area contributed by atoms with Crippen molar-refractivity contribution in [3.05, 3.63) is 71.0 Å². The molecule has 2 aliphatic heterocycles. The number of piperidine rings is 1. The van der Waals surface area contributed by atoms with Gasteiger partial charge in [0.2, 0.25) is 10.0 Å². The van der Waals surface area contributed by atoms with Gasteiger partial charge in [-0.15, -0.1) is 0 Å². The van der Waals surface area contributed by atoms with Gasteiger partial charge in [0, 0.05) is 25.0 Å². The second-order valence-corrected chi connectivity index (χ2v) is 10.5. The highest BCUT2D eigenvalue weighted by atomic mass is 35.5. The maximum atomic E-state index is 13.2. The fourth-order valence-corrected chi connectivity index (χ4v) is 6.50. The minimum absolute atomic E-state index is 0.190. The molecule has 1 spiro atoms. The zero-order valence-electron chi connectivity index (χ0n) is 17.4. The highest BCUT2D eigenvalue weighted by Gasteiger charge is 2.43. The number of aromatic nitrogens is 1. The minimum Gasteiger partial charge on any atom is -0.495 e. The van der Waals surface area contributed by atoms with E-state index in [9.17, 15) is 8.42 Å². The lowest BCUT2D eigenvalue weighted by Gasteiger charge is -2.46. The third-order valence-corrected chi connectivity index (χ3v) is 8.55. The smallest absolute Gasteiger partial charge is 0.243 e. The molecule has 0 saturated carbocycles. The summed E-state index contributed by atoms with van der Waals surface area (Å²) in [6, 6.07) is 15.2. The number of aryl methyl sites for hydroxylation is 1. The van der Waals surface area contributed by atoms with E-state index in [0.29, 0.717) is 31.7 Å². The van der Waals surface area contributed by atoms with Crippen molar-refractivity contribution in [3.63, 3.8) is 0 Å². The Hall–Kier alpha value is -2.48. The first-order chi connectivity index (χ1) is 14.8. The van der Waals surface area contributed by atoms with Crippen molar-refractivity contribution in [2.45, 2.75) is 30.2 Å². The molecule has 0 bridgehead atoms. The van der Waals surface area contributed by atoms with Gasteiger partial charge in [-0.1, -0.05) is 17.7 Å². The van der Waals surface area contributed by atoms with Crippen LogP contribution in [0.1, 0.15) is 24.1 Å². The molecule has 0 aliphatic carbocycles. The summed E-state index contributed by atoms with van der Waals surface area (Å²) >= 11 is 6.17. The monoisotopic (exact) mass is 457 g/mol. The van der Waals surface area contributed by atoms with Crippen LogP contribution >= 0.6 is 11.6 Å². The Kier molecular flexibility index (Phi) is 4.80. The summed E-state index contributed by atoms with van der Waals surface area (Å²) in [6.07, 6.45) is 3.43. The number of ether oxygens (including phenoxy) is 1. The van der Waals surface area contributed by atoms with E-state index in [0.717, 1.165) is 11.4 Å². The molecular weight excluding hydrogens is 434 g/mol. The molecule has 0 radical (unpaired) electrons. The van der Waals surface area contributed by atoms with Crippen LogP contribution in [0.5, 0.6) is 5.75 Å². The number of hydrogen-bond donors (Lipinski definition) is 1. The summed E-state index contributed by atoms with van der Waals surface area (Å²) in [4.78, 5) is 0.190. The molecule has 2 aliphatic rings. The van der Waals surface area contributed by atoms with E-state index in [1.54, 1.807) is 16.4 Å². The SMILES string of the molecule is COc1ccc(S(=O)(=O)N2CCC3(CC2)Nc2cc(C)ccc2-n2cccc23)cc1Cl. The van der Waals surface area contributed by atoms with E-state index in [1.165, 1.54) is 24.4 Å². The Labute approximate surface area is 187 Å². The van der Waals surface area contributed by atoms with Crippen LogP contribution in [0.4, 0.5) is 5.69 Å². The van der Waals surface area contributed by atoms with Crippen LogP contribution in [0, 0.1) is 6.92 Å². The molecule has 1 N–H and O–H groups in total. The molecule has 3 aromatic rings. The van der Waals surface area contributed by atoms with Crippen molar-refractivity contribution in [2.24, 2.45) is 0 Å². The molecule has 0 amide bonds. The number of nitrogens with one attached hydrogen (secondary N) is 1. The summed E-state index contributed by atoms with van der Waals surface area (Å²) in [5.41, 5.74) is 4.27. The van der Waals surface area contributed by atoms with Gasteiger partial charge in [0.25, 0.3) is 0 Å². The van der Waals surface area contributed by atoms with E-state index in [2.05, 4.69) is 53.3 Å². The van der Waals surface area contributed by atoms with Gasteiger partial charge in [-0.25, -0.2) is 8.42 Å². The normalized spacial score (nSPS) is 17.6. The maximum Gasteiger partial charge on any atom is 0.243 e. The van der Waals surface area contributed by atoms with Crippen molar-refractivity contribution in [1.82, 2.24) is 8.87 Å². The van der Waals surface area contributed by atoms with Crippen molar-refractivity contribution >= 4 is 27.3 Å². The van der Waals surface area contributed by atoms with Crippen molar-refractivity contribution in [3.8, 4) is 11.4 Å². The van der Waals surface area contributed by atoms with E-state index >= 15 is 0 Å². The second kappa shape index (κ2) is 7.29. The number of methoxy groups -OCH3 is 1. The van der Waals surface area contributed by atoms with E-state index in [-0.39, 0.29) is 15.5 Å². The first-order valence-corrected chi connectivity index (χ1v) is 12.1. The highest BCUT2D eigenvalue weighted by molar-refractivity contribution is 7.89. The van der Waals surface area contributed by atoms with Crippen molar-refractivity contribution in [1.29, 1.82) is 0 Å². The summed E-state index contributed by atoms with van der Waals surface area (Å²) in [5.74, 6) is 0.458. The standard InChI is InChI=1S/C23H24ClN3O3S/c1-16-5-7-20-19(14-16)25-23(22-4-3-11-27(20)22)9-12-26(13-10-23)31(28,29)17-6-8-21(30-2)18(24)15-17/h3-8,11,14-15,25H,9-10,12-13H2,1-2H3. The number of anilines is 1. The molecule has 6 nitrogen and oxygen atoms in total. The molecule has 0 atom stereocenters. The number of fused-ring (bicyclic) bond motifs is 4. The first-order valence-electron chi connectivity index (χ1n) is 10.2. The van der Waals surface area contributed by atoms with E-state index in [1.807, 2.05) is 0 Å². The summed E-state index contributed by atoms with van der Waals surface area (Å²) in [5, 5.41) is 4.04. The average Bonchev–Trinajstić information content (AvgIpc) is 3.25. The molecule has 1 saturated heterocycles. The topological polar surface area (TPSA) is 63.6 Å². The summed E-state index contributed by atoms with van der Waals surface area (Å²) in [6.45, 7) is 2.92. The lowest BCUT2D eigenvalue weighted by atomic mass is 9.83. The zero-order valence-corrected chi connectivity index (χ0v) is 19.0. The molecule has 1 fully saturated rings. The van der Waals surface area contributed by atoms with Crippen molar-refractivity contribution < 1.29 is 13.2 Å². The van der Waals surface area contributed by atoms with Gasteiger partial charge in [0.15, 0.2) is 0 Å². The van der Waals surface area contributed by atoms with Crippen LogP contribution in [-0.4, -0.2) is 37.5 Å². The number of halogens is 1. The Morgan fingerprint density at radius 3 is 2.58 bits per heavy atom. The molecule has 5 rings (SSSR count). The lowest BCUT2D eigenvalue weighted by molar-refractivity contribution is 0.247. The van der Waals surface area contributed by atoms with Gasteiger partial charge >= 0.3 is 0 Å². The number of hydrogen-bond acceptors (Lipinski definition) is 4. The average molecular weight is 458 g/mol. The molecule has 1 aromatic heterocycles. The fourth-order valence-electron chi connectivity index (χ4n) is 4.71. The van der Waals surface area contributed by atoms with E-state index in [4.69, 9.17) is 16.3 Å². The number of sulfonamides is 1. The third kappa shape index (κ3) is 3.23. The van der Waals surface area contributed by atoms with Crippen LogP contribution < -0.4 is 10.1 Å². The fraction of sp³-hybridized carbons (Fsp3) is 0.304. The highest BCUT2D eigenvalue weighted by Crippen LogP contribution is 2.44. The molecule has 8 heteroatoms. The Bertz CT molecular complexity index is 1260. The van der Waals surface area contributed by atoms with Gasteiger partial charge in [0.05, 0.1) is 33.9 Å². The summed E-state index contributed by atoms with van der Waals surface area (Å²) in [7, 11) is -2.13. The van der Waals surface area contributed by atoms with Gasteiger partial charge < -0.3 is 14.6 Å². The van der Waals surface area contributed by atoms with Gasteiger partial charge in [-0.05, 0) is 67.8 Å². The van der Waals surface area contributed by atoms with Crippen LogP contribution in [0.3, 0.4) is 0 Å². The molecular formula is C23H24ClN3O3S. The van der Waals surface area contributed by atoms with Gasteiger partial charge in [0.1, 0.15) is 5.75 Å². The Morgan fingerprint density at radius 1 is 1.10 bits per heavy atom. The van der Waals surface area contributed by atoms with E-state index < -0.39 is 10.0 Å². The number of benzene rings is 2. The molecule has 3 heterocycles. The maximum absolute atomic E-state index is 13.2. The largest absolute Gasteiger partial charge is 0.495 e. The van der Waals surface area contributed by atoms with Gasteiger partial charge in [-0.3, -0.25) is 0 Å². The van der Waals surface area contributed by atoms with Crippen LogP contribution in [-0.2, 0) is 15.6 Å². The van der Waals surface area contributed by atoms with Crippen LogP contribution in [0.15, 0.2) is 59.6 Å². The van der Waals surface area contributed by atoms with Crippen molar-refractivity contribution in [2.75, 3.05) is 25.5 Å². The van der Waals surface area contributed by atoms with Crippen LogP contribution in [0.25, 0.3) is 5.69 Å². The number of rotatable bonds is 3. The van der Waals surface area contributed by atoms with Crippen LogP contribution in [0.2, 0.25) is 5.02 Å². The molecule has 162 valence electrons. The number of nitrogens with zero attached hydrogens (tertiary/aromatic N) is 2. The summed E-state index contributed by atoms with van der Waals surface area (Å²) < 4.78 is 35.4. The first kappa shape index (κ1) is 20.4. The predicted octanol–water partition coefficient (Wildman–Crippen LogP) is 4.55. The second-order valence-electron chi connectivity index (χ2n) is 8.19. The lowest BCUT2D eigenvalue weighted by Crippen LogP contribution is -2.51. The molecule has 2 aromatic carbocycles. The molecule has 31 heavy (non-hydrogen) atoms. The predicted molar refractivity (Wildman–Crippen MR) is 122 cm³/mol. The zero-order chi connectivity index (χ0) is 21.8. The van der Waals surface area contributed by atoms with Gasteiger partial charge in [-0.2, -0.15) is 4.31 Å². The minimum atomic E-state index is -3.64. The Balaban J connectivity index is 1.43. The Morgan fingerprint density at radius 2 is 1.87 bits per heavy atom. The third-order valence-electron chi connectivity index (χ3n) is 6.36. The molecule has 0 unspecified atom stereocenters.